The van der Waals surface area contributed by atoms with Gasteiger partial charge in [-0.3, -0.25) is 4.79 Å². The van der Waals surface area contributed by atoms with Crippen LogP contribution in [0.5, 0.6) is 0 Å². The molecule has 1 amide bonds. The molecule has 6 heteroatoms. The van der Waals surface area contributed by atoms with Gasteiger partial charge in [-0.05, 0) is 39.2 Å². The average Bonchev–Trinajstić information content (AvgIpc) is 2.98. The van der Waals surface area contributed by atoms with Crippen LogP contribution in [-0.4, -0.2) is 43.0 Å². The molecule has 124 valence electrons. The maximum Gasteiger partial charge on any atom is 0.220 e. The molecule has 1 aromatic heterocycles. The van der Waals surface area contributed by atoms with E-state index >= 15 is 0 Å². The van der Waals surface area contributed by atoms with E-state index in [-0.39, 0.29) is 5.91 Å². The maximum atomic E-state index is 11.8. The van der Waals surface area contributed by atoms with Crippen molar-refractivity contribution in [1.82, 2.24) is 15.2 Å². The van der Waals surface area contributed by atoms with Crippen molar-refractivity contribution in [2.75, 3.05) is 27.2 Å². The van der Waals surface area contributed by atoms with E-state index in [0.717, 1.165) is 18.5 Å². The van der Waals surface area contributed by atoms with Crippen LogP contribution >= 0.6 is 11.6 Å². The first-order valence-electron chi connectivity index (χ1n) is 7.67. The van der Waals surface area contributed by atoms with Gasteiger partial charge >= 0.3 is 0 Å². The van der Waals surface area contributed by atoms with Crippen LogP contribution in [-0.2, 0) is 11.2 Å². The van der Waals surface area contributed by atoms with Gasteiger partial charge in [0.1, 0.15) is 0 Å². The summed E-state index contributed by atoms with van der Waals surface area (Å²) in [7, 11) is 4.03. The molecule has 2 rings (SSSR count). The van der Waals surface area contributed by atoms with E-state index in [1.165, 1.54) is 0 Å². The van der Waals surface area contributed by atoms with Gasteiger partial charge in [-0.15, -0.1) is 0 Å². The molecule has 0 radical (unpaired) electrons. The zero-order valence-electron chi connectivity index (χ0n) is 13.5. The Balaban J connectivity index is 1.79. The molecule has 2 aromatic rings. The van der Waals surface area contributed by atoms with Crippen LogP contribution in [0.3, 0.4) is 0 Å². The van der Waals surface area contributed by atoms with Gasteiger partial charge in [0, 0.05) is 24.9 Å². The van der Waals surface area contributed by atoms with Crippen molar-refractivity contribution in [3.63, 3.8) is 0 Å². The molecule has 0 bridgehead atoms. The lowest BCUT2D eigenvalue weighted by Crippen LogP contribution is -2.27. The average molecular weight is 336 g/mol. The number of hydrogen-bond acceptors (Lipinski definition) is 4. The fourth-order valence-electron chi connectivity index (χ4n) is 2.14. The smallest absolute Gasteiger partial charge is 0.220 e. The molecule has 0 aliphatic heterocycles. The minimum Gasteiger partial charge on any atom is -0.441 e. The van der Waals surface area contributed by atoms with Gasteiger partial charge in [0.05, 0.1) is 11.2 Å². The summed E-state index contributed by atoms with van der Waals surface area (Å²) < 4.78 is 5.68. The summed E-state index contributed by atoms with van der Waals surface area (Å²) in [5, 5.41) is 3.52. The number of benzene rings is 1. The first-order valence-corrected chi connectivity index (χ1v) is 8.05. The number of halogens is 1. The van der Waals surface area contributed by atoms with Gasteiger partial charge in [0.25, 0.3) is 0 Å². The van der Waals surface area contributed by atoms with Crippen molar-refractivity contribution in [1.29, 1.82) is 0 Å². The Hall–Kier alpha value is -1.85. The van der Waals surface area contributed by atoms with Crippen LogP contribution in [0.2, 0.25) is 5.02 Å². The molecule has 0 spiro atoms. The van der Waals surface area contributed by atoms with E-state index in [1.807, 2.05) is 32.3 Å². The summed E-state index contributed by atoms with van der Waals surface area (Å²) in [6.45, 7) is 1.65. The van der Waals surface area contributed by atoms with Crippen molar-refractivity contribution in [3.8, 4) is 11.3 Å². The van der Waals surface area contributed by atoms with Crippen LogP contribution in [0.4, 0.5) is 0 Å². The molecule has 1 heterocycles. The number of nitrogens with zero attached hydrogens (tertiary/aromatic N) is 2. The van der Waals surface area contributed by atoms with Crippen molar-refractivity contribution in [2.45, 2.75) is 19.3 Å². The lowest BCUT2D eigenvalue weighted by Gasteiger charge is -2.09. The lowest BCUT2D eigenvalue weighted by atomic mass is 10.2. The Morgan fingerprint density at radius 2 is 2.13 bits per heavy atom. The Morgan fingerprint density at radius 3 is 2.87 bits per heavy atom. The zero-order valence-corrected chi connectivity index (χ0v) is 14.3. The van der Waals surface area contributed by atoms with Gasteiger partial charge in [-0.2, -0.15) is 0 Å². The number of carbonyl (C=O) groups excluding carboxylic acids is 1. The number of nitrogens with one attached hydrogen (secondary N) is 1. The Morgan fingerprint density at radius 1 is 1.35 bits per heavy atom. The van der Waals surface area contributed by atoms with Crippen LogP contribution < -0.4 is 5.32 Å². The second kappa shape index (κ2) is 8.70. The third kappa shape index (κ3) is 5.69. The van der Waals surface area contributed by atoms with E-state index in [2.05, 4.69) is 15.2 Å². The molecule has 5 nitrogen and oxygen atoms in total. The summed E-state index contributed by atoms with van der Waals surface area (Å²) in [4.78, 5) is 18.1. The Kier molecular flexibility index (Phi) is 6.62. The summed E-state index contributed by atoms with van der Waals surface area (Å²) in [5.74, 6) is 1.18. The number of aromatic nitrogens is 1. The maximum absolute atomic E-state index is 11.8. The summed E-state index contributed by atoms with van der Waals surface area (Å²) in [6.07, 6.45) is 3.42. The van der Waals surface area contributed by atoms with Crippen LogP contribution in [0.25, 0.3) is 11.3 Å². The SMILES string of the molecule is CN(C)CCCNC(=O)CCc1ncc(-c2ccccc2Cl)o1. The fourth-order valence-corrected chi connectivity index (χ4v) is 2.37. The Bertz CT molecular complexity index is 640. The molecular formula is C17H22ClN3O2. The molecule has 0 aliphatic rings. The molecule has 1 aromatic carbocycles. The molecule has 0 fully saturated rings. The molecule has 0 aliphatic carbocycles. The van der Waals surface area contributed by atoms with Gasteiger partial charge in [0.2, 0.25) is 5.91 Å². The van der Waals surface area contributed by atoms with Gasteiger partial charge in [-0.1, -0.05) is 23.7 Å². The highest BCUT2D eigenvalue weighted by Gasteiger charge is 2.10. The predicted octanol–water partition coefficient (Wildman–Crippen LogP) is 3.00. The topological polar surface area (TPSA) is 58.4 Å². The largest absolute Gasteiger partial charge is 0.441 e. The summed E-state index contributed by atoms with van der Waals surface area (Å²) in [6, 6.07) is 7.44. The number of carbonyl (C=O) groups is 1. The second-order valence-electron chi connectivity index (χ2n) is 5.60. The highest BCUT2D eigenvalue weighted by Crippen LogP contribution is 2.28. The monoisotopic (exact) mass is 335 g/mol. The van der Waals surface area contributed by atoms with Gasteiger partial charge in [0.15, 0.2) is 11.7 Å². The van der Waals surface area contributed by atoms with Crippen molar-refractivity contribution >= 4 is 17.5 Å². The van der Waals surface area contributed by atoms with Crippen molar-refractivity contribution < 1.29 is 9.21 Å². The third-order valence-electron chi connectivity index (χ3n) is 3.36. The zero-order chi connectivity index (χ0) is 16.7. The third-order valence-corrected chi connectivity index (χ3v) is 3.69. The highest BCUT2D eigenvalue weighted by molar-refractivity contribution is 6.33. The highest BCUT2D eigenvalue weighted by atomic mass is 35.5. The normalized spacial score (nSPS) is 11.0. The van der Waals surface area contributed by atoms with Crippen LogP contribution in [0, 0.1) is 0 Å². The van der Waals surface area contributed by atoms with E-state index < -0.39 is 0 Å². The minimum atomic E-state index is 0.0150. The first kappa shape index (κ1) is 17.5. The number of amides is 1. The van der Waals surface area contributed by atoms with Gasteiger partial charge in [-0.25, -0.2) is 4.98 Å². The molecule has 0 saturated carbocycles. The van der Waals surface area contributed by atoms with Crippen molar-refractivity contribution in [3.05, 3.63) is 41.4 Å². The fraction of sp³-hybridized carbons (Fsp3) is 0.412. The van der Waals surface area contributed by atoms with Crippen LogP contribution in [0.1, 0.15) is 18.7 Å². The molecular weight excluding hydrogens is 314 g/mol. The number of rotatable bonds is 8. The van der Waals surface area contributed by atoms with Crippen molar-refractivity contribution in [2.24, 2.45) is 0 Å². The number of hydrogen-bond donors (Lipinski definition) is 1. The van der Waals surface area contributed by atoms with E-state index in [4.69, 9.17) is 16.0 Å². The summed E-state index contributed by atoms with van der Waals surface area (Å²) >= 11 is 6.13. The molecule has 1 N–H and O–H groups in total. The van der Waals surface area contributed by atoms with Gasteiger partial charge < -0.3 is 14.6 Å². The van der Waals surface area contributed by atoms with Crippen LogP contribution in [0.15, 0.2) is 34.9 Å². The van der Waals surface area contributed by atoms with E-state index in [0.29, 0.717) is 36.1 Å². The molecule has 23 heavy (non-hydrogen) atoms. The molecule has 0 saturated heterocycles. The Labute approximate surface area is 141 Å². The number of oxazole rings is 1. The lowest BCUT2D eigenvalue weighted by molar-refractivity contribution is -0.121. The molecule has 0 unspecified atom stereocenters. The number of aryl methyl sites for hydroxylation is 1. The standard InChI is InChI=1S/C17H22ClN3O2/c1-21(2)11-5-10-19-16(22)8-9-17-20-12-15(23-17)13-6-3-4-7-14(13)18/h3-4,6-7,12H,5,8-11H2,1-2H3,(H,19,22). The van der Waals surface area contributed by atoms with E-state index in [1.54, 1.807) is 12.3 Å². The first-order chi connectivity index (χ1) is 11.1. The summed E-state index contributed by atoms with van der Waals surface area (Å²) in [5.41, 5.74) is 0.807. The predicted molar refractivity (Wildman–Crippen MR) is 91.5 cm³/mol. The van der Waals surface area contributed by atoms with E-state index in [9.17, 15) is 4.79 Å². The molecule has 0 atom stereocenters. The quantitative estimate of drug-likeness (QED) is 0.753. The second-order valence-corrected chi connectivity index (χ2v) is 6.01. The minimum absolute atomic E-state index is 0.0150.